The molecule has 0 aliphatic carbocycles. The number of benzene rings is 1. The van der Waals surface area contributed by atoms with E-state index in [4.69, 9.17) is 28.5 Å². The van der Waals surface area contributed by atoms with E-state index in [1.807, 2.05) is 0 Å². The highest BCUT2D eigenvalue weighted by Crippen LogP contribution is 2.52. The molecule has 2 atom stereocenters. The lowest BCUT2D eigenvalue weighted by molar-refractivity contribution is -0.137. The second-order valence-corrected chi connectivity index (χ2v) is 8.14. The number of hydrogen-bond acceptors (Lipinski definition) is 11. The summed E-state index contributed by atoms with van der Waals surface area (Å²) in [6, 6.07) is 0. The standard InChI is InChI=1S/C23H28N4O9/c1-4-33-23(30)16-9-12(36-27-16)8-14-15(10-25-26-22(29)13-6-5-7-24-21(13)28)18-20(35-11-34-18)19(32-3)17(14)31-2/h10,12-13H,4-9,11H2,1-3H3,(H,24,28)(H,26,29)/b25-10-/t12-,13-/m0/s1. The normalized spacial score (nSPS) is 20.4. The fourth-order valence-electron chi connectivity index (χ4n) is 4.25. The Balaban J connectivity index is 1.61. The predicted octanol–water partition coefficient (Wildman–Crippen LogP) is 0.659. The number of rotatable bonds is 9. The zero-order valence-electron chi connectivity index (χ0n) is 20.3. The molecule has 0 aromatic heterocycles. The molecule has 4 rings (SSSR count). The summed E-state index contributed by atoms with van der Waals surface area (Å²) in [5.41, 5.74) is 3.65. The Morgan fingerprint density at radius 3 is 2.72 bits per heavy atom. The Hall–Kier alpha value is -4.03. The van der Waals surface area contributed by atoms with Gasteiger partial charge in [0.2, 0.25) is 24.2 Å². The lowest BCUT2D eigenvalue weighted by atomic mass is 9.96. The number of piperidine rings is 1. The number of ether oxygens (including phenoxy) is 5. The van der Waals surface area contributed by atoms with Crippen molar-refractivity contribution in [3.8, 4) is 23.0 Å². The number of nitrogens with zero attached hydrogens (tertiary/aromatic N) is 2. The van der Waals surface area contributed by atoms with E-state index in [1.54, 1.807) is 6.92 Å². The summed E-state index contributed by atoms with van der Waals surface area (Å²) in [6.07, 6.45) is 2.51. The van der Waals surface area contributed by atoms with Crippen LogP contribution in [0.1, 0.15) is 37.3 Å². The average Bonchev–Trinajstić information content (AvgIpc) is 3.55. The molecular weight excluding hydrogens is 476 g/mol. The van der Waals surface area contributed by atoms with Gasteiger partial charge in [-0.3, -0.25) is 9.59 Å². The van der Waals surface area contributed by atoms with Gasteiger partial charge in [-0.2, -0.15) is 5.10 Å². The molecule has 3 aliphatic rings. The first-order chi connectivity index (χ1) is 17.5. The topological polar surface area (TPSA) is 155 Å². The minimum Gasteiger partial charge on any atom is -0.492 e. The number of carbonyl (C=O) groups excluding carboxylic acids is 3. The number of fused-ring (bicyclic) bond motifs is 1. The first-order valence-corrected chi connectivity index (χ1v) is 11.5. The molecule has 3 heterocycles. The summed E-state index contributed by atoms with van der Waals surface area (Å²) in [7, 11) is 2.95. The van der Waals surface area contributed by atoms with Gasteiger partial charge in [0.15, 0.2) is 17.2 Å². The van der Waals surface area contributed by atoms with E-state index in [0.717, 1.165) is 0 Å². The Kier molecular flexibility index (Phi) is 7.76. The lowest BCUT2D eigenvalue weighted by Gasteiger charge is -2.20. The third-order valence-electron chi connectivity index (χ3n) is 5.92. The zero-order valence-corrected chi connectivity index (χ0v) is 20.3. The first-order valence-electron chi connectivity index (χ1n) is 11.5. The minimum absolute atomic E-state index is 0.0518. The van der Waals surface area contributed by atoms with E-state index in [1.165, 1.54) is 20.4 Å². The van der Waals surface area contributed by atoms with E-state index in [0.29, 0.717) is 53.5 Å². The molecule has 0 spiro atoms. The summed E-state index contributed by atoms with van der Waals surface area (Å²) >= 11 is 0. The third kappa shape index (κ3) is 4.99. The minimum atomic E-state index is -0.809. The van der Waals surface area contributed by atoms with E-state index in [-0.39, 0.29) is 37.9 Å². The second kappa shape index (κ2) is 11.1. The molecule has 3 aliphatic heterocycles. The quantitative estimate of drug-likeness (QED) is 0.213. The average molecular weight is 504 g/mol. The molecule has 1 saturated heterocycles. The van der Waals surface area contributed by atoms with Crippen LogP contribution >= 0.6 is 0 Å². The molecule has 0 unspecified atom stereocenters. The SMILES string of the molecule is CCOC(=O)C1=NO[C@@H](Cc2c(/C=N\NC(=O)[C@H]3CCCNC3=O)c3c(c(OC)c2OC)OCO3)C1. The van der Waals surface area contributed by atoms with Gasteiger partial charge in [-0.1, -0.05) is 5.16 Å². The predicted molar refractivity (Wildman–Crippen MR) is 124 cm³/mol. The maximum Gasteiger partial charge on any atom is 0.356 e. The number of hydrogen-bond donors (Lipinski definition) is 2. The molecule has 36 heavy (non-hydrogen) atoms. The zero-order chi connectivity index (χ0) is 25.7. The molecule has 0 radical (unpaired) electrons. The monoisotopic (exact) mass is 504 g/mol. The van der Waals surface area contributed by atoms with Crippen molar-refractivity contribution in [2.24, 2.45) is 16.2 Å². The first kappa shape index (κ1) is 25.1. The van der Waals surface area contributed by atoms with Crippen LogP contribution in [0.15, 0.2) is 10.3 Å². The molecule has 194 valence electrons. The molecule has 1 aromatic rings. The number of methoxy groups -OCH3 is 2. The second-order valence-electron chi connectivity index (χ2n) is 8.14. The summed E-state index contributed by atoms with van der Waals surface area (Å²) < 4.78 is 27.5. The van der Waals surface area contributed by atoms with Crippen LogP contribution in [0.4, 0.5) is 0 Å². The van der Waals surface area contributed by atoms with Gasteiger partial charge in [-0.05, 0) is 19.8 Å². The molecule has 2 amide bonds. The number of oxime groups is 1. The molecule has 13 heteroatoms. The van der Waals surface area contributed by atoms with Crippen molar-refractivity contribution in [3.05, 3.63) is 11.1 Å². The van der Waals surface area contributed by atoms with Gasteiger partial charge in [0.05, 0.1) is 27.0 Å². The van der Waals surface area contributed by atoms with Crippen molar-refractivity contribution < 1.29 is 42.9 Å². The van der Waals surface area contributed by atoms with Crippen LogP contribution in [0, 0.1) is 5.92 Å². The van der Waals surface area contributed by atoms with Gasteiger partial charge in [-0.15, -0.1) is 0 Å². The highest BCUT2D eigenvalue weighted by molar-refractivity contribution is 6.36. The van der Waals surface area contributed by atoms with Gasteiger partial charge in [0.25, 0.3) is 5.91 Å². The molecule has 0 saturated carbocycles. The van der Waals surface area contributed by atoms with Crippen LogP contribution in [0.25, 0.3) is 0 Å². The van der Waals surface area contributed by atoms with Gasteiger partial charge in [-0.25, -0.2) is 10.2 Å². The number of esters is 1. The maximum absolute atomic E-state index is 12.5. The van der Waals surface area contributed by atoms with Crippen LogP contribution < -0.4 is 29.7 Å². The highest BCUT2D eigenvalue weighted by Gasteiger charge is 2.35. The molecule has 1 aromatic carbocycles. The van der Waals surface area contributed by atoms with Gasteiger partial charge < -0.3 is 33.8 Å². The van der Waals surface area contributed by atoms with Crippen LogP contribution in [-0.4, -0.2) is 70.0 Å². The molecule has 0 bridgehead atoms. The molecular formula is C23H28N4O9. The van der Waals surface area contributed by atoms with Crippen LogP contribution in [0.3, 0.4) is 0 Å². The van der Waals surface area contributed by atoms with Crippen LogP contribution in [0.2, 0.25) is 0 Å². The molecule has 13 nitrogen and oxygen atoms in total. The summed E-state index contributed by atoms with van der Waals surface area (Å²) in [6.45, 7) is 2.43. The number of hydrazone groups is 1. The van der Waals surface area contributed by atoms with E-state index >= 15 is 0 Å². The third-order valence-corrected chi connectivity index (χ3v) is 5.92. The number of carbonyl (C=O) groups is 3. The molecule has 1 fully saturated rings. The van der Waals surface area contributed by atoms with E-state index < -0.39 is 23.9 Å². The van der Waals surface area contributed by atoms with Crippen LogP contribution in [0.5, 0.6) is 23.0 Å². The van der Waals surface area contributed by atoms with Crippen molar-refractivity contribution >= 4 is 29.7 Å². The van der Waals surface area contributed by atoms with Crippen molar-refractivity contribution in [3.63, 3.8) is 0 Å². The van der Waals surface area contributed by atoms with Crippen molar-refractivity contribution in [1.29, 1.82) is 0 Å². The summed E-state index contributed by atoms with van der Waals surface area (Å²) in [5, 5.41) is 10.6. The van der Waals surface area contributed by atoms with Crippen LogP contribution in [-0.2, 0) is 30.4 Å². The smallest absolute Gasteiger partial charge is 0.356 e. The Morgan fingerprint density at radius 2 is 2.00 bits per heavy atom. The Morgan fingerprint density at radius 1 is 1.22 bits per heavy atom. The number of nitrogens with one attached hydrogen (secondary N) is 2. The number of amides is 2. The Bertz CT molecular complexity index is 1100. The van der Waals surface area contributed by atoms with E-state index in [9.17, 15) is 14.4 Å². The van der Waals surface area contributed by atoms with Gasteiger partial charge in [0, 0.05) is 30.5 Å². The van der Waals surface area contributed by atoms with Gasteiger partial charge >= 0.3 is 5.97 Å². The van der Waals surface area contributed by atoms with Crippen molar-refractivity contribution in [2.45, 2.75) is 38.7 Å². The summed E-state index contributed by atoms with van der Waals surface area (Å²) in [4.78, 5) is 42.0. The van der Waals surface area contributed by atoms with Gasteiger partial charge in [0.1, 0.15) is 12.0 Å². The largest absolute Gasteiger partial charge is 0.492 e. The van der Waals surface area contributed by atoms with Crippen molar-refractivity contribution in [2.75, 3.05) is 34.2 Å². The highest BCUT2D eigenvalue weighted by atomic mass is 16.7. The Labute approximate surface area is 207 Å². The lowest BCUT2D eigenvalue weighted by Crippen LogP contribution is -2.43. The summed E-state index contributed by atoms with van der Waals surface area (Å²) in [5.74, 6) is -0.823. The molecule has 2 N–H and O–H groups in total. The fourth-order valence-corrected chi connectivity index (χ4v) is 4.25. The maximum atomic E-state index is 12.5. The fraction of sp³-hybridized carbons (Fsp3) is 0.522. The van der Waals surface area contributed by atoms with Crippen molar-refractivity contribution in [1.82, 2.24) is 10.7 Å². The van der Waals surface area contributed by atoms with E-state index in [2.05, 4.69) is 21.0 Å².